The van der Waals surface area contributed by atoms with Gasteiger partial charge in [0.1, 0.15) is 4.90 Å². The Morgan fingerprint density at radius 2 is 1.74 bits per heavy atom. The van der Waals surface area contributed by atoms with Crippen LogP contribution in [0.15, 0.2) is 53.4 Å². The van der Waals surface area contributed by atoms with Gasteiger partial charge in [0.25, 0.3) is 5.91 Å². The fraction of sp³-hybridized carbons (Fsp3) is 0.286. The Kier molecular flexibility index (Phi) is 6.35. The lowest BCUT2D eigenvalue weighted by Crippen LogP contribution is -2.32. The van der Waals surface area contributed by atoms with Crippen molar-refractivity contribution >= 4 is 33.5 Å². The van der Waals surface area contributed by atoms with Crippen LogP contribution in [0, 0.1) is 0 Å². The third kappa shape index (κ3) is 4.79. The molecule has 10 heteroatoms. The molecule has 0 saturated carbocycles. The van der Waals surface area contributed by atoms with Gasteiger partial charge in [0, 0.05) is 24.2 Å². The average Bonchev–Trinajstić information content (AvgIpc) is 3.05. The lowest BCUT2D eigenvalue weighted by molar-refractivity contribution is 0.102. The highest BCUT2D eigenvalue weighted by Crippen LogP contribution is 2.28. The van der Waals surface area contributed by atoms with E-state index >= 15 is 0 Å². The number of anilines is 1. The summed E-state index contributed by atoms with van der Waals surface area (Å²) in [6.07, 6.45) is 3.63. The number of sulfonamides is 1. The molecule has 4 rings (SSSR count). The number of hydrogen-bond acceptors (Lipinski definition) is 5. The van der Waals surface area contributed by atoms with E-state index in [0.717, 1.165) is 31.2 Å². The zero-order chi connectivity index (χ0) is 21.8. The van der Waals surface area contributed by atoms with Gasteiger partial charge in [0.2, 0.25) is 16.0 Å². The van der Waals surface area contributed by atoms with Gasteiger partial charge in [-0.3, -0.25) is 15.2 Å². The van der Waals surface area contributed by atoms with Crippen molar-refractivity contribution < 1.29 is 13.2 Å². The number of H-pyrrole nitrogens is 1. The van der Waals surface area contributed by atoms with E-state index in [1.807, 2.05) is 30.3 Å². The lowest BCUT2D eigenvalue weighted by Gasteiger charge is -2.21. The van der Waals surface area contributed by atoms with Crippen LogP contribution in [0.4, 0.5) is 5.95 Å². The third-order valence-corrected chi connectivity index (χ3v) is 7.51. The molecule has 2 aromatic carbocycles. The summed E-state index contributed by atoms with van der Waals surface area (Å²) < 4.78 is 27.7. The van der Waals surface area contributed by atoms with Crippen molar-refractivity contribution in [2.75, 3.05) is 18.4 Å². The van der Waals surface area contributed by atoms with Gasteiger partial charge in [0.15, 0.2) is 5.82 Å². The van der Waals surface area contributed by atoms with Crippen LogP contribution in [0.5, 0.6) is 0 Å². The Bertz CT molecular complexity index is 1170. The quantitative estimate of drug-likeness (QED) is 0.600. The number of halogens is 1. The first-order valence-electron chi connectivity index (χ1n) is 10.0. The number of rotatable bonds is 5. The monoisotopic (exact) mass is 459 g/mol. The number of amides is 1. The minimum absolute atomic E-state index is 0.0660. The van der Waals surface area contributed by atoms with Crippen LogP contribution in [0.25, 0.3) is 11.4 Å². The first-order valence-corrected chi connectivity index (χ1v) is 11.9. The van der Waals surface area contributed by atoms with Crippen molar-refractivity contribution in [3.63, 3.8) is 0 Å². The van der Waals surface area contributed by atoms with Crippen LogP contribution >= 0.6 is 11.6 Å². The van der Waals surface area contributed by atoms with Crippen LogP contribution in [0.1, 0.15) is 36.0 Å². The first-order chi connectivity index (χ1) is 14.9. The normalized spacial score (nSPS) is 15.4. The summed E-state index contributed by atoms with van der Waals surface area (Å²) in [5.41, 5.74) is 0.983. The molecular formula is C21H22ClN5O3S. The van der Waals surface area contributed by atoms with E-state index in [0.29, 0.717) is 18.9 Å². The molecule has 2 heterocycles. The molecule has 3 aromatic rings. The van der Waals surface area contributed by atoms with E-state index in [-0.39, 0.29) is 21.4 Å². The molecule has 0 unspecified atom stereocenters. The molecule has 8 nitrogen and oxygen atoms in total. The zero-order valence-electron chi connectivity index (χ0n) is 16.7. The summed E-state index contributed by atoms with van der Waals surface area (Å²) >= 11 is 6.21. The molecule has 2 N–H and O–H groups in total. The largest absolute Gasteiger partial charge is 0.289 e. The van der Waals surface area contributed by atoms with E-state index in [4.69, 9.17) is 11.6 Å². The van der Waals surface area contributed by atoms with Crippen molar-refractivity contribution in [2.45, 2.75) is 30.6 Å². The van der Waals surface area contributed by atoms with Crippen molar-refractivity contribution in [3.8, 4) is 11.4 Å². The number of aromatic nitrogens is 3. The maximum atomic E-state index is 13.1. The Labute approximate surface area is 185 Å². The molecule has 1 fully saturated rings. The molecule has 162 valence electrons. The number of carbonyl (C=O) groups excluding carboxylic acids is 1. The number of carbonyl (C=O) groups is 1. The summed E-state index contributed by atoms with van der Waals surface area (Å²) in [5.74, 6) is 0.0785. The van der Waals surface area contributed by atoms with E-state index in [1.54, 1.807) is 0 Å². The number of nitrogens with one attached hydrogen (secondary N) is 2. The van der Waals surface area contributed by atoms with Gasteiger partial charge < -0.3 is 0 Å². The van der Waals surface area contributed by atoms with E-state index in [9.17, 15) is 13.2 Å². The molecule has 0 spiro atoms. The second-order valence-electron chi connectivity index (χ2n) is 7.29. The smallest absolute Gasteiger partial charge is 0.258 e. The van der Waals surface area contributed by atoms with Gasteiger partial charge in [-0.25, -0.2) is 8.42 Å². The highest BCUT2D eigenvalue weighted by atomic mass is 35.5. The second-order valence-corrected chi connectivity index (χ2v) is 9.60. The van der Waals surface area contributed by atoms with E-state index < -0.39 is 15.9 Å². The zero-order valence-corrected chi connectivity index (χ0v) is 18.3. The molecule has 31 heavy (non-hydrogen) atoms. The molecule has 0 aliphatic carbocycles. The van der Waals surface area contributed by atoms with Crippen molar-refractivity contribution in [3.05, 3.63) is 59.1 Å². The highest BCUT2D eigenvalue weighted by molar-refractivity contribution is 7.89. The van der Waals surface area contributed by atoms with Gasteiger partial charge in [-0.1, -0.05) is 54.8 Å². The molecule has 1 aromatic heterocycles. The maximum Gasteiger partial charge on any atom is 0.258 e. The van der Waals surface area contributed by atoms with Crippen LogP contribution < -0.4 is 5.32 Å². The standard InChI is InChI=1S/C21H22ClN5O3S/c22-17-11-10-16(14-18(17)31(29,30)27-12-6-1-2-7-13-27)20(28)24-21-23-19(25-26-21)15-8-4-3-5-9-15/h3-5,8-11,14H,1-2,6-7,12-13H2,(H2,23,24,25,26,28). The molecule has 0 radical (unpaired) electrons. The van der Waals surface area contributed by atoms with Gasteiger partial charge in [-0.05, 0) is 31.0 Å². The Morgan fingerprint density at radius 3 is 2.45 bits per heavy atom. The SMILES string of the molecule is O=C(Nc1n[nH]c(-c2ccccc2)n1)c1ccc(Cl)c(S(=O)(=O)N2CCCCCC2)c1. The number of hydrogen-bond donors (Lipinski definition) is 2. The van der Waals surface area contributed by atoms with Gasteiger partial charge >= 0.3 is 0 Å². The first kappa shape index (κ1) is 21.5. The molecule has 1 amide bonds. The molecule has 0 bridgehead atoms. The predicted octanol–water partition coefficient (Wildman–Crippen LogP) is 3.94. The molecule has 1 aliphatic heterocycles. The van der Waals surface area contributed by atoms with E-state index in [1.165, 1.54) is 22.5 Å². The van der Waals surface area contributed by atoms with Gasteiger partial charge in [-0.15, -0.1) is 5.10 Å². The Balaban J connectivity index is 1.55. The molecular weight excluding hydrogens is 438 g/mol. The molecule has 1 saturated heterocycles. The summed E-state index contributed by atoms with van der Waals surface area (Å²) in [4.78, 5) is 16.9. The van der Waals surface area contributed by atoms with Crippen LogP contribution in [-0.2, 0) is 10.0 Å². The number of nitrogens with zero attached hydrogens (tertiary/aromatic N) is 3. The van der Waals surface area contributed by atoms with E-state index in [2.05, 4.69) is 20.5 Å². The minimum Gasteiger partial charge on any atom is -0.289 e. The number of benzene rings is 2. The fourth-order valence-electron chi connectivity index (χ4n) is 3.48. The third-order valence-electron chi connectivity index (χ3n) is 5.13. The molecule has 0 atom stereocenters. The van der Waals surface area contributed by atoms with Gasteiger partial charge in [0.05, 0.1) is 5.02 Å². The second kappa shape index (κ2) is 9.17. The minimum atomic E-state index is -3.79. The van der Waals surface area contributed by atoms with Crippen LogP contribution in [0.3, 0.4) is 0 Å². The van der Waals surface area contributed by atoms with Crippen LogP contribution in [-0.4, -0.2) is 46.9 Å². The van der Waals surface area contributed by atoms with Crippen molar-refractivity contribution in [1.29, 1.82) is 0 Å². The molecule has 1 aliphatic rings. The fourth-order valence-corrected chi connectivity index (χ4v) is 5.50. The maximum absolute atomic E-state index is 13.1. The lowest BCUT2D eigenvalue weighted by atomic mass is 10.2. The highest BCUT2D eigenvalue weighted by Gasteiger charge is 2.28. The topological polar surface area (TPSA) is 108 Å². The van der Waals surface area contributed by atoms with Crippen LogP contribution in [0.2, 0.25) is 5.02 Å². The Morgan fingerprint density at radius 1 is 1.03 bits per heavy atom. The Hall–Kier alpha value is -2.75. The summed E-state index contributed by atoms with van der Waals surface area (Å²) in [7, 11) is -3.79. The predicted molar refractivity (Wildman–Crippen MR) is 118 cm³/mol. The summed E-state index contributed by atoms with van der Waals surface area (Å²) in [5, 5.41) is 9.46. The van der Waals surface area contributed by atoms with Gasteiger partial charge in [-0.2, -0.15) is 9.29 Å². The summed E-state index contributed by atoms with van der Waals surface area (Å²) in [6, 6.07) is 13.6. The van der Waals surface area contributed by atoms with Crippen molar-refractivity contribution in [1.82, 2.24) is 19.5 Å². The number of aromatic amines is 1. The summed E-state index contributed by atoms with van der Waals surface area (Å²) in [6.45, 7) is 0.906. The van der Waals surface area contributed by atoms with Crippen molar-refractivity contribution in [2.24, 2.45) is 0 Å². The average molecular weight is 460 g/mol.